The van der Waals surface area contributed by atoms with Gasteiger partial charge in [-0.05, 0) is 55.1 Å². The Kier molecular flexibility index (Phi) is 3.55. The Hall–Kier alpha value is -0.820. The second-order valence-electron chi connectivity index (χ2n) is 7.02. The monoisotopic (exact) mass is 246 g/mol. The maximum atomic E-state index is 10.7. The van der Waals surface area contributed by atoms with E-state index in [0.717, 1.165) is 6.42 Å². The summed E-state index contributed by atoms with van der Waals surface area (Å²) >= 11 is 0. The van der Waals surface area contributed by atoms with E-state index in [4.69, 9.17) is 0 Å². The largest absolute Gasteiger partial charge is 0.390 e. The molecule has 0 spiro atoms. The zero-order valence-corrected chi connectivity index (χ0v) is 12.2. The van der Waals surface area contributed by atoms with Crippen molar-refractivity contribution in [2.24, 2.45) is 5.41 Å². The molecule has 1 aromatic rings. The van der Waals surface area contributed by atoms with Crippen LogP contribution in [0.2, 0.25) is 0 Å². The molecule has 0 bridgehead atoms. The Morgan fingerprint density at radius 1 is 1.17 bits per heavy atom. The standard InChI is InChI=1S/C17H26O/c1-16(2,3)17(4,18)12-14-10-7-9-13-8-5-6-11-15(13)14/h5-6,8,11,14,18H,7,9-10,12H2,1-4H3. The number of hydrogen-bond donors (Lipinski definition) is 1. The van der Waals surface area contributed by atoms with Crippen molar-refractivity contribution < 1.29 is 5.11 Å². The minimum Gasteiger partial charge on any atom is -0.390 e. The molecule has 0 saturated carbocycles. The molecule has 1 aliphatic rings. The van der Waals surface area contributed by atoms with Gasteiger partial charge < -0.3 is 5.11 Å². The molecule has 2 atom stereocenters. The highest BCUT2D eigenvalue weighted by Crippen LogP contribution is 2.42. The highest BCUT2D eigenvalue weighted by atomic mass is 16.3. The van der Waals surface area contributed by atoms with Crippen LogP contribution in [0.4, 0.5) is 0 Å². The second kappa shape index (κ2) is 4.70. The van der Waals surface area contributed by atoms with Crippen LogP contribution in [0.15, 0.2) is 24.3 Å². The zero-order chi connectivity index (χ0) is 13.4. The molecule has 1 aliphatic carbocycles. The molecule has 0 saturated heterocycles. The first-order chi connectivity index (χ1) is 8.31. The van der Waals surface area contributed by atoms with E-state index in [-0.39, 0.29) is 5.41 Å². The highest BCUT2D eigenvalue weighted by Gasteiger charge is 2.38. The summed E-state index contributed by atoms with van der Waals surface area (Å²) < 4.78 is 0. The molecule has 0 aliphatic heterocycles. The third-order valence-corrected chi connectivity index (χ3v) is 4.75. The second-order valence-corrected chi connectivity index (χ2v) is 7.02. The van der Waals surface area contributed by atoms with Gasteiger partial charge in [-0.2, -0.15) is 0 Å². The molecule has 1 N–H and O–H groups in total. The lowest BCUT2D eigenvalue weighted by atomic mass is 9.69. The minimum absolute atomic E-state index is 0.0700. The smallest absolute Gasteiger partial charge is 0.0673 e. The highest BCUT2D eigenvalue weighted by molar-refractivity contribution is 5.32. The summed E-state index contributed by atoms with van der Waals surface area (Å²) in [5.74, 6) is 0.518. The molecular formula is C17H26O. The van der Waals surface area contributed by atoms with Crippen molar-refractivity contribution in [3.8, 4) is 0 Å². The lowest BCUT2D eigenvalue weighted by Crippen LogP contribution is -2.41. The molecule has 2 unspecified atom stereocenters. The average Bonchev–Trinajstić information content (AvgIpc) is 2.27. The van der Waals surface area contributed by atoms with Gasteiger partial charge in [-0.1, -0.05) is 45.0 Å². The predicted molar refractivity (Wildman–Crippen MR) is 76.8 cm³/mol. The van der Waals surface area contributed by atoms with E-state index in [1.165, 1.54) is 30.4 Å². The van der Waals surface area contributed by atoms with E-state index in [1.54, 1.807) is 0 Å². The Balaban J connectivity index is 2.22. The van der Waals surface area contributed by atoms with Crippen LogP contribution in [0.3, 0.4) is 0 Å². The lowest BCUT2D eigenvalue weighted by molar-refractivity contribution is -0.0541. The molecule has 0 heterocycles. The summed E-state index contributed by atoms with van der Waals surface area (Å²) in [5, 5.41) is 10.7. The van der Waals surface area contributed by atoms with E-state index >= 15 is 0 Å². The van der Waals surface area contributed by atoms with Crippen LogP contribution in [0, 0.1) is 5.41 Å². The molecule has 1 aromatic carbocycles. The van der Waals surface area contributed by atoms with Crippen molar-refractivity contribution in [3.63, 3.8) is 0 Å². The third kappa shape index (κ3) is 2.61. The molecule has 2 rings (SSSR count). The molecule has 1 heteroatoms. The molecule has 0 amide bonds. The van der Waals surface area contributed by atoms with E-state index in [0.29, 0.717) is 5.92 Å². The van der Waals surface area contributed by atoms with Gasteiger partial charge in [-0.25, -0.2) is 0 Å². The van der Waals surface area contributed by atoms with Gasteiger partial charge in [-0.15, -0.1) is 0 Å². The van der Waals surface area contributed by atoms with Crippen LogP contribution in [0.1, 0.15) is 64.0 Å². The summed E-state index contributed by atoms with van der Waals surface area (Å²) in [7, 11) is 0. The minimum atomic E-state index is -0.609. The molecular weight excluding hydrogens is 220 g/mol. The Bertz CT molecular complexity index is 412. The first-order valence-electron chi connectivity index (χ1n) is 7.11. The first kappa shape index (κ1) is 13.6. The van der Waals surface area contributed by atoms with E-state index < -0.39 is 5.60 Å². The predicted octanol–water partition coefficient (Wildman–Crippen LogP) is 4.29. The number of aryl methyl sites for hydroxylation is 1. The van der Waals surface area contributed by atoms with Crippen molar-refractivity contribution in [1.29, 1.82) is 0 Å². The van der Waals surface area contributed by atoms with Gasteiger partial charge >= 0.3 is 0 Å². The number of benzene rings is 1. The Morgan fingerprint density at radius 3 is 2.50 bits per heavy atom. The van der Waals surface area contributed by atoms with Gasteiger partial charge in [0.15, 0.2) is 0 Å². The summed E-state index contributed by atoms with van der Waals surface area (Å²) in [4.78, 5) is 0. The van der Waals surface area contributed by atoms with Gasteiger partial charge in [0.25, 0.3) is 0 Å². The zero-order valence-electron chi connectivity index (χ0n) is 12.2. The summed E-state index contributed by atoms with van der Waals surface area (Å²) in [6.07, 6.45) is 4.53. The van der Waals surface area contributed by atoms with Gasteiger partial charge in [0, 0.05) is 0 Å². The van der Waals surface area contributed by atoms with Crippen LogP contribution < -0.4 is 0 Å². The summed E-state index contributed by atoms with van der Waals surface area (Å²) in [6, 6.07) is 8.75. The fourth-order valence-electron chi connectivity index (χ4n) is 2.85. The number of hydrogen-bond acceptors (Lipinski definition) is 1. The topological polar surface area (TPSA) is 20.2 Å². The SMILES string of the molecule is CC(C)(C)C(C)(O)CC1CCCc2ccccc21. The quantitative estimate of drug-likeness (QED) is 0.825. The fourth-order valence-corrected chi connectivity index (χ4v) is 2.85. The molecule has 18 heavy (non-hydrogen) atoms. The average molecular weight is 246 g/mol. The number of fused-ring (bicyclic) bond motifs is 1. The molecule has 0 radical (unpaired) electrons. The maximum absolute atomic E-state index is 10.7. The Morgan fingerprint density at radius 2 is 1.83 bits per heavy atom. The lowest BCUT2D eigenvalue weighted by Gasteiger charge is -2.41. The van der Waals surface area contributed by atoms with Crippen molar-refractivity contribution in [1.82, 2.24) is 0 Å². The van der Waals surface area contributed by atoms with Crippen LogP contribution in [0.25, 0.3) is 0 Å². The van der Waals surface area contributed by atoms with Crippen LogP contribution in [-0.2, 0) is 6.42 Å². The van der Waals surface area contributed by atoms with Crippen molar-refractivity contribution in [2.45, 2.75) is 64.9 Å². The van der Waals surface area contributed by atoms with E-state index in [9.17, 15) is 5.11 Å². The first-order valence-corrected chi connectivity index (χ1v) is 7.11. The van der Waals surface area contributed by atoms with Crippen molar-refractivity contribution in [3.05, 3.63) is 35.4 Å². The molecule has 0 fully saturated rings. The van der Waals surface area contributed by atoms with Gasteiger partial charge in [0.05, 0.1) is 5.60 Å². The molecule has 100 valence electrons. The summed E-state index contributed by atoms with van der Waals surface area (Å²) in [5.41, 5.74) is 2.27. The van der Waals surface area contributed by atoms with Crippen LogP contribution in [0.5, 0.6) is 0 Å². The van der Waals surface area contributed by atoms with Crippen molar-refractivity contribution >= 4 is 0 Å². The van der Waals surface area contributed by atoms with Crippen LogP contribution >= 0.6 is 0 Å². The molecule has 1 nitrogen and oxygen atoms in total. The normalized spacial score (nSPS) is 23.3. The van der Waals surface area contributed by atoms with Gasteiger partial charge in [0.1, 0.15) is 0 Å². The molecule has 0 aromatic heterocycles. The summed E-state index contributed by atoms with van der Waals surface area (Å²) in [6.45, 7) is 8.37. The van der Waals surface area contributed by atoms with Gasteiger partial charge in [-0.3, -0.25) is 0 Å². The van der Waals surface area contributed by atoms with Crippen LogP contribution in [-0.4, -0.2) is 10.7 Å². The van der Waals surface area contributed by atoms with E-state index in [2.05, 4.69) is 45.0 Å². The number of aliphatic hydroxyl groups is 1. The Labute approximate surface area is 111 Å². The number of rotatable bonds is 2. The van der Waals surface area contributed by atoms with E-state index in [1.807, 2.05) is 6.92 Å². The van der Waals surface area contributed by atoms with Crippen molar-refractivity contribution in [2.75, 3.05) is 0 Å². The van der Waals surface area contributed by atoms with Gasteiger partial charge in [0.2, 0.25) is 0 Å². The third-order valence-electron chi connectivity index (χ3n) is 4.75. The maximum Gasteiger partial charge on any atom is 0.0673 e. The fraction of sp³-hybridized carbons (Fsp3) is 0.647.